The molecule has 1 amide bonds. The lowest BCUT2D eigenvalue weighted by molar-refractivity contribution is -0.385. The summed E-state index contributed by atoms with van der Waals surface area (Å²) in [4.78, 5) is 23.3. The van der Waals surface area contributed by atoms with Gasteiger partial charge in [0.25, 0.3) is 11.6 Å². The Bertz CT molecular complexity index is 696. The first-order chi connectivity index (χ1) is 10.3. The predicted octanol–water partition coefficient (Wildman–Crippen LogP) is 2.60. The number of nitro benzene ring substituents is 1. The average Bonchev–Trinajstić information content (AvgIpc) is 3.00. The van der Waals surface area contributed by atoms with Gasteiger partial charge >= 0.3 is 0 Å². The zero-order valence-electron chi connectivity index (χ0n) is 12.2. The Morgan fingerprint density at radius 2 is 2.14 bits per heavy atom. The summed E-state index contributed by atoms with van der Waals surface area (Å²) >= 11 is 1.40. The Hall–Kier alpha value is -2.25. The number of nitro groups is 1. The SMILES string of the molecule is Cc1c(C(=O)NCC(C)(O)c2cccs2)cccc1[N+](=O)[O-]. The molecule has 0 radical (unpaired) electrons. The zero-order valence-corrected chi connectivity index (χ0v) is 13.0. The highest BCUT2D eigenvalue weighted by Gasteiger charge is 2.26. The Kier molecular flexibility index (Phi) is 4.58. The van der Waals surface area contributed by atoms with Crippen LogP contribution < -0.4 is 5.32 Å². The van der Waals surface area contributed by atoms with Crippen molar-refractivity contribution in [3.63, 3.8) is 0 Å². The number of aliphatic hydroxyl groups is 1. The summed E-state index contributed by atoms with van der Waals surface area (Å²) in [6.07, 6.45) is 0. The molecule has 0 aliphatic heterocycles. The minimum atomic E-state index is -1.18. The molecule has 116 valence electrons. The van der Waals surface area contributed by atoms with Gasteiger partial charge in [0.1, 0.15) is 5.60 Å². The third-order valence-corrected chi connectivity index (χ3v) is 4.51. The van der Waals surface area contributed by atoms with Crippen LogP contribution in [-0.2, 0) is 5.60 Å². The highest BCUT2D eigenvalue weighted by Crippen LogP contribution is 2.25. The van der Waals surface area contributed by atoms with Crippen LogP contribution in [0.5, 0.6) is 0 Å². The van der Waals surface area contributed by atoms with Crippen LogP contribution in [0.3, 0.4) is 0 Å². The molecule has 0 fully saturated rings. The quantitative estimate of drug-likeness (QED) is 0.654. The van der Waals surface area contributed by atoms with Crippen LogP contribution in [0.25, 0.3) is 0 Å². The number of nitrogens with zero attached hydrogens (tertiary/aromatic N) is 1. The summed E-state index contributed by atoms with van der Waals surface area (Å²) in [7, 11) is 0. The van der Waals surface area contributed by atoms with Crippen molar-refractivity contribution < 1.29 is 14.8 Å². The van der Waals surface area contributed by atoms with Crippen molar-refractivity contribution >= 4 is 22.9 Å². The maximum Gasteiger partial charge on any atom is 0.273 e. The van der Waals surface area contributed by atoms with Crippen LogP contribution in [0, 0.1) is 17.0 Å². The van der Waals surface area contributed by atoms with E-state index in [2.05, 4.69) is 5.32 Å². The van der Waals surface area contributed by atoms with Crippen molar-refractivity contribution in [1.29, 1.82) is 0 Å². The van der Waals surface area contributed by atoms with E-state index in [1.165, 1.54) is 36.5 Å². The van der Waals surface area contributed by atoms with Crippen LogP contribution in [0.15, 0.2) is 35.7 Å². The molecule has 2 aromatic rings. The number of hydrogen-bond acceptors (Lipinski definition) is 5. The Labute approximate surface area is 131 Å². The molecule has 1 atom stereocenters. The second kappa shape index (κ2) is 6.25. The lowest BCUT2D eigenvalue weighted by atomic mass is 10.0. The van der Waals surface area contributed by atoms with Gasteiger partial charge < -0.3 is 10.4 Å². The molecule has 0 saturated carbocycles. The van der Waals surface area contributed by atoms with E-state index in [-0.39, 0.29) is 17.8 Å². The number of carbonyl (C=O) groups is 1. The largest absolute Gasteiger partial charge is 0.383 e. The maximum absolute atomic E-state index is 12.2. The number of nitrogens with one attached hydrogen (secondary N) is 1. The van der Waals surface area contributed by atoms with Gasteiger partial charge in [0.05, 0.1) is 11.5 Å². The topological polar surface area (TPSA) is 92.5 Å². The van der Waals surface area contributed by atoms with E-state index >= 15 is 0 Å². The van der Waals surface area contributed by atoms with Crippen LogP contribution in [0.1, 0.15) is 27.7 Å². The van der Waals surface area contributed by atoms with E-state index in [1.54, 1.807) is 13.0 Å². The van der Waals surface area contributed by atoms with Crippen molar-refractivity contribution in [2.24, 2.45) is 0 Å². The first-order valence-electron chi connectivity index (χ1n) is 6.61. The summed E-state index contributed by atoms with van der Waals surface area (Å²) in [5.41, 5.74) is -0.743. The molecule has 0 spiro atoms. The van der Waals surface area contributed by atoms with Crippen molar-refractivity contribution in [3.8, 4) is 0 Å². The summed E-state index contributed by atoms with van der Waals surface area (Å²) in [6.45, 7) is 3.17. The van der Waals surface area contributed by atoms with Gasteiger partial charge in [0.15, 0.2) is 0 Å². The third kappa shape index (κ3) is 3.32. The van der Waals surface area contributed by atoms with E-state index in [4.69, 9.17) is 0 Å². The van der Waals surface area contributed by atoms with Gasteiger partial charge in [-0.3, -0.25) is 14.9 Å². The lowest BCUT2D eigenvalue weighted by Gasteiger charge is -2.22. The number of rotatable bonds is 5. The highest BCUT2D eigenvalue weighted by atomic mass is 32.1. The molecule has 2 rings (SSSR count). The normalized spacial score (nSPS) is 13.4. The molecule has 1 unspecified atom stereocenters. The minimum absolute atomic E-state index is 0.0223. The first kappa shape index (κ1) is 16.1. The Morgan fingerprint density at radius 1 is 1.41 bits per heavy atom. The van der Waals surface area contributed by atoms with Gasteiger partial charge in [-0.25, -0.2) is 0 Å². The maximum atomic E-state index is 12.2. The second-order valence-electron chi connectivity index (χ2n) is 5.14. The number of amides is 1. The van der Waals surface area contributed by atoms with Crippen molar-refractivity contribution in [1.82, 2.24) is 5.32 Å². The Morgan fingerprint density at radius 3 is 2.73 bits per heavy atom. The molecular formula is C15H16N2O4S. The molecule has 1 heterocycles. The zero-order chi connectivity index (χ0) is 16.3. The molecule has 0 aliphatic carbocycles. The fraction of sp³-hybridized carbons (Fsp3) is 0.267. The first-order valence-corrected chi connectivity index (χ1v) is 7.49. The van der Waals surface area contributed by atoms with Gasteiger partial charge in [0, 0.05) is 22.1 Å². The molecule has 6 nitrogen and oxygen atoms in total. The van der Waals surface area contributed by atoms with Gasteiger partial charge in [-0.15, -0.1) is 11.3 Å². The summed E-state index contributed by atoms with van der Waals surface area (Å²) < 4.78 is 0. The van der Waals surface area contributed by atoms with Crippen LogP contribution in [0.2, 0.25) is 0 Å². The fourth-order valence-electron chi connectivity index (χ4n) is 2.09. The van der Waals surface area contributed by atoms with Crippen LogP contribution in [-0.4, -0.2) is 22.5 Å². The van der Waals surface area contributed by atoms with Crippen molar-refractivity contribution in [3.05, 3.63) is 61.8 Å². The molecule has 0 saturated heterocycles. The van der Waals surface area contributed by atoms with E-state index in [0.717, 1.165) is 4.88 Å². The molecule has 7 heteroatoms. The Balaban J connectivity index is 2.14. The monoisotopic (exact) mass is 320 g/mol. The molecule has 0 aliphatic rings. The van der Waals surface area contributed by atoms with E-state index in [0.29, 0.717) is 5.56 Å². The molecule has 1 aromatic carbocycles. The van der Waals surface area contributed by atoms with Gasteiger partial charge in [-0.1, -0.05) is 12.1 Å². The second-order valence-corrected chi connectivity index (χ2v) is 6.09. The minimum Gasteiger partial charge on any atom is -0.383 e. The summed E-state index contributed by atoms with van der Waals surface area (Å²) in [6, 6.07) is 7.96. The van der Waals surface area contributed by atoms with Gasteiger partial charge in [-0.05, 0) is 31.4 Å². The molecule has 2 N–H and O–H groups in total. The van der Waals surface area contributed by atoms with Crippen molar-refractivity contribution in [2.45, 2.75) is 19.4 Å². The smallest absolute Gasteiger partial charge is 0.273 e. The lowest BCUT2D eigenvalue weighted by Crippen LogP contribution is -2.38. The standard InChI is InChI=1S/C15H16N2O4S/c1-10-11(5-3-6-12(10)17(20)21)14(18)16-9-15(2,19)13-7-4-8-22-13/h3-8,19H,9H2,1-2H3,(H,16,18). The van der Waals surface area contributed by atoms with E-state index < -0.39 is 16.4 Å². The van der Waals surface area contributed by atoms with Crippen molar-refractivity contribution in [2.75, 3.05) is 6.54 Å². The predicted molar refractivity (Wildman–Crippen MR) is 84.1 cm³/mol. The fourth-order valence-corrected chi connectivity index (χ4v) is 2.87. The van der Waals surface area contributed by atoms with Crippen LogP contribution >= 0.6 is 11.3 Å². The number of thiophene rings is 1. The average molecular weight is 320 g/mol. The third-order valence-electron chi connectivity index (χ3n) is 3.39. The molecule has 0 bridgehead atoms. The van der Waals surface area contributed by atoms with Gasteiger partial charge in [0.2, 0.25) is 0 Å². The van der Waals surface area contributed by atoms with E-state index in [1.807, 2.05) is 11.4 Å². The van der Waals surface area contributed by atoms with E-state index in [9.17, 15) is 20.0 Å². The molecular weight excluding hydrogens is 304 g/mol. The molecule has 22 heavy (non-hydrogen) atoms. The number of benzene rings is 1. The summed E-state index contributed by atoms with van der Waals surface area (Å²) in [5, 5.41) is 25.7. The number of carbonyl (C=O) groups excluding carboxylic acids is 1. The van der Waals surface area contributed by atoms with Gasteiger partial charge in [-0.2, -0.15) is 0 Å². The highest BCUT2D eigenvalue weighted by molar-refractivity contribution is 7.10. The number of hydrogen-bond donors (Lipinski definition) is 2. The van der Waals surface area contributed by atoms with Crippen LogP contribution in [0.4, 0.5) is 5.69 Å². The summed E-state index contributed by atoms with van der Waals surface area (Å²) in [5.74, 6) is -0.446. The molecule has 1 aromatic heterocycles.